The summed E-state index contributed by atoms with van der Waals surface area (Å²) in [7, 11) is -2.54. The van der Waals surface area contributed by atoms with Gasteiger partial charge >= 0.3 is 5.97 Å². The van der Waals surface area contributed by atoms with Gasteiger partial charge in [-0.05, 0) is 59.6 Å². The van der Waals surface area contributed by atoms with Gasteiger partial charge < -0.3 is 10.1 Å². The van der Waals surface area contributed by atoms with Crippen molar-refractivity contribution in [3.05, 3.63) is 58.1 Å². The number of amides is 1. The second kappa shape index (κ2) is 9.31. The van der Waals surface area contributed by atoms with Crippen molar-refractivity contribution in [2.45, 2.75) is 18.7 Å². The van der Waals surface area contributed by atoms with Crippen LogP contribution in [0.5, 0.6) is 0 Å². The lowest BCUT2D eigenvalue weighted by molar-refractivity contribution is -0.147. The van der Waals surface area contributed by atoms with Crippen LogP contribution >= 0.6 is 15.9 Å². The highest BCUT2D eigenvalue weighted by Crippen LogP contribution is 2.23. The van der Waals surface area contributed by atoms with Gasteiger partial charge in [-0.2, -0.15) is 4.31 Å². The van der Waals surface area contributed by atoms with E-state index < -0.39 is 35.1 Å². The van der Waals surface area contributed by atoms with Gasteiger partial charge in [0, 0.05) is 11.5 Å². The Bertz CT molecular complexity index is 974. The van der Waals surface area contributed by atoms with E-state index >= 15 is 0 Å². The lowest BCUT2D eigenvalue weighted by Crippen LogP contribution is -2.34. The predicted octanol–water partition coefficient (Wildman–Crippen LogP) is 2.87. The molecule has 28 heavy (non-hydrogen) atoms. The van der Waals surface area contributed by atoms with E-state index in [4.69, 9.17) is 4.74 Å². The number of carbonyl (C=O) groups is 2. The van der Waals surface area contributed by atoms with Gasteiger partial charge in [0.15, 0.2) is 6.61 Å². The molecule has 0 bridgehead atoms. The highest BCUT2D eigenvalue weighted by Gasteiger charge is 2.23. The van der Waals surface area contributed by atoms with E-state index in [1.54, 1.807) is 18.2 Å². The Labute approximate surface area is 172 Å². The van der Waals surface area contributed by atoms with Crippen LogP contribution in [0.25, 0.3) is 0 Å². The number of anilines is 1. The first-order chi connectivity index (χ1) is 13.1. The Kier molecular flexibility index (Phi) is 7.34. The Morgan fingerprint density at radius 1 is 1.07 bits per heavy atom. The molecule has 0 aromatic heterocycles. The highest BCUT2D eigenvalue weighted by atomic mass is 79.9. The van der Waals surface area contributed by atoms with Crippen LogP contribution in [-0.4, -0.2) is 44.8 Å². The van der Waals surface area contributed by atoms with Gasteiger partial charge in [0.25, 0.3) is 5.91 Å². The van der Waals surface area contributed by atoms with Crippen molar-refractivity contribution in [1.29, 1.82) is 0 Å². The average Bonchev–Trinajstić information content (AvgIpc) is 2.62. The summed E-state index contributed by atoms with van der Waals surface area (Å²) in [5.74, 6) is -1.35. The van der Waals surface area contributed by atoms with Gasteiger partial charge in [-0.1, -0.05) is 23.8 Å². The average molecular weight is 469 g/mol. The number of hydrogen-bond donors (Lipinski definition) is 1. The first-order valence-corrected chi connectivity index (χ1v) is 10.6. The van der Waals surface area contributed by atoms with E-state index in [-0.39, 0.29) is 4.90 Å². The predicted molar refractivity (Wildman–Crippen MR) is 109 cm³/mol. The molecule has 0 aliphatic carbocycles. The molecule has 150 valence electrons. The van der Waals surface area contributed by atoms with Crippen molar-refractivity contribution in [3.8, 4) is 0 Å². The van der Waals surface area contributed by atoms with Crippen LogP contribution < -0.4 is 5.32 Å². The minimum absolute atomic E-state index is 0.0790. The third-order valence-corrected chi connectivity index (χ3v) is 6.32. The number of nitrogens with one attached hydrogen (secondary N) is 1. The van der Waals surface area contributed by atoms with E-state index in [0.717, 1.165) is 15.4 Å². The zero-order chi connectivity index (χ0) is 20.9. The number of carbonyl (C=O) groups excluding carboxylic acids is 2. The largest absolute Gasteiger partial charge is 0.455 e. The number of benzene rings is 2. The topological polar surface area (TPSA) is 92.8 Å². The van der Waals surface area contributed by atoms with Crippen LogP contribution in [0.1, 0.15) is 11.1 Å². The van der Waals surface area contributed by atoms with E-state index in [0.29, 0.717) is 10.2 Å². The van der Waals surface area contributed by atoms with Gasteiger partial charge in [0.05, 0.1) is 10.6 Å². The van der Waals surface area contributed by atoms with Crippen LogP contribution in [0.15, 0.2) is 51.8 Å². The van der Waals surface area contributed by atoms with Gasteiger partial charge in [-0.25, -0.2) is 8.42 Å². The van der Waals surface area contributed by atoms with Gasteiger partial charge in [-0.15, -0.1) is 0 Å². The number of hydrogen-bond acceptors (Lipinski definition) is 5. The molecule has 0 saturated carbocycles. The summed E-state index contributed by atoms with van der Waals surface area (Å²) in [4.78, 5) is 24.0. The van der Waals surface area contributed by atoms with Gasteiger partial charge in [-0.3, -0.25) is 9.59 Å². The second-order valence-corrected chi connectivity index (χ2v) is 9.17. The standard InChI is InChI=1S/C19H21BrN2O5S/c1-13-4-7-15(8-5-13)28(25,26)22(3)11-19(24)27-12-18(23)21-17-9-6-14(2)10-16(17)20/h4-10H,11-12H2,1-3H3,(H,21,23). The molecule has 0 unspecified atom stereocenters. The summed E-state index contributed by atoms with van der Waals surface area (Å²) < 4.78 is 31.4. The smallest absolute Gasteiger partial charge is 0.321 e. The molecule has 0 saturated heterocycles. The fourth-order valence-electron chi connectivity index (χ4n) is 2.26. The molecule has 0 fully saturated rings. The molecule has 1 N–H and O–H groups in total. The molecule has 2 aromatic rings. The monoisotopic (exact) mass is 468 g/mol. The van der Waals surface area contributed by atoms with E-state index in [9.17, 15) is 18.0 Å². The Morgan fingerprint density at radius 2 is 1.68 bits per heavy atom. The molecule has 0 heterocycles. The summed E-state index contributed by atoms with van der Waals surface area (Å²) in [6.45, 7) is 2.74. The zero-order valence-corrected chi connectivity index (χ0v) is 18.1. The molecule has 2 rings (SSSR count). The molecule has 0 aliphatic rings. The molecule has 9 heteroatoms. The number of halogens is 1. The molecular formula is C19H21BrN2O5S. The number of likely N-dealkylation sites (N-methyl/N-ethyl adjacent to an activating group) is 1. The van der Waals surface area contributed by atoms with E-state index in [2.05, 4.69) is 21.2 Å². The summed E-state index contributed by atoms with van der Waals surface area (Å²) in [6.07, 6.45) is 0. The van der Waals surface area contributed by atoms with Crippen LogP contribution in [0.4, 0.5) is 5.69 Å². The van der Waals surface area contributed by atoms with Crippen LogP contribution in [-0.2, 0) is 24.3 Å². The maximum absolute atomic E-state index is 12.5. The number of aryl methyl sites for hydroxylation is 2. The maximum Gasteiger partial charge on any atom is 0.321 e. The van der Waals surface area contributed by atoms with E-state index in [1.807, 2.05) is 26.0 Å². The Morgan fingerprint density at radius 3 is 2.29 bits per heavy atom. The number of esters is 1. The molecule has 0 radical (unpaired) electrons. The fraction of sp³-hybridized carbons (Fsp3) is 0.263. The number of sulfonamides is 1. The summed E-state index contributed by atoms with van der Waals surface area (Å²) in [6, 6.07) is 11.7. The number of ether oxygens (including phenoxy) is 1. The van der Waals surface area contributed by atoms with Crippen molar-refractivity contribution in [1.82, 2.24) is 4.31 Å². The van der Waals surface area contributed by atoms with Gasteiger partial charge in [0.2, 0.25) is 10.0 Å². The second-order valence-electron chi connectivity index (χ2n) is 6.27. The lowest BCUT2D eigenvalue weighted by Gasteiger charge is -2.16. The fourth-order valence-corrected chi connectivity index (χ4v) is 3.96. The third-order valence-electron chi connectivity index (χ3n) is 3.84. The minimum Gasteiger partial charge on any atom is -0.455 e. The molecule has 7 nitrogen and oxygen atoms in total. The van der Waals surface area contributed by atoms with Crippen LogP contribution in [0.3, 0.4) is 0 Å². The van der Waals surface area contributed by atoms with Crippen molar-refractivity contribution in [3.63, 3.8) is 0 Å². The zero-order valence-electron chi connectivity index (χ0n) is 15.7. The van der Waals surface area contributed by atoms with Crippen LogP contribution in [0, 0.1) is 13.8 Å². The quantitative estimate of drug-likeness (QED) is 0.630. The maximum atomic E-state index is 12.5. The summed E-state index contributed by atoms with van der Waals surface area (Å²) >= 11 is 3.34. The van der Waals surface area contributed by atoms with Gasteiger partial charge in [0.1, 0.15) is 6.54 Å². The third kappa shape index (κ3) is 5.88. The van der Waals surface area contributed by atoms with E-state index in [1.165, 1.54) is 19.2 Å². The van der Waals surface area contributed by atoms with Crippen LogP contribution in [0.2, 0.25) is 0 Å². The molecule has 0 spiro atoms. The first kappa shape index (κ1) is 22.1. The summed E-state index contributed by atoms with van der Waals surface area (Å²) in [5.41, 5.74) is 2.49. The molecule has 2 aromatic carbocycles. The van der Waals surface area contributed by atoms with Crippen molar-refractivity contribution in [2.24, 2.45) is 0 Å². The number of nitrogens with zero attached hydrogens (tertiary/aromatic N) is 1. The molecule has 1 amide bonds. The molecule has 0 atom stereocenters. The number of rotatable bonds is 7. The van der Waals surface area contributed by atoms with Crippen molar-refractivity contribution < 1.29 is 22.7 Å². The van der Waals surface area contributed by atoms with Crippen molar-refractivity contribution in [2.75, 3.05) is 25.5 Å². The highest BCUT2D eigenvalue weighted by molar-refractivity contribution is 9.10. The lowest BCUT2D eigenvalue weighted by atomic mass is 10.2. The Hall–Kier alpha value is -2.23. The SMILES string of the molecule is Cc1ccc(S(=O)(=O)N(C)CC(=O)OCC(=O)Nc2ccc(C)cc2Br)cc1. The first-order valence-electron chi connectivity index (χ1n) is 8.34. The molecule has 0 aliphatic heterocycles. The molecular weight excluding hydrogens is 448 g/mol. The normalized spacial score (nSPS) is 11.3. The minimum atomic E-state index is -3.82. The Balaban J connectivity index is 1.89. The summed E-state index contributed by atoms with van der Waals surface area (Å²) in [5, 5.41) is 2.61. The van der Waals surface area contributed by atoms with Crippen molar-refractivity contribution >= 4 is 43.5 Å².